The van der Waals surface area contributed by atoms with Crippen molar-refractivity contribution in [1.82, 2.24) is 10.2 Å². The predicted octanol–water partition coefficient (Wildman–Crippen LogP) is 4.13. The molecule has 3 rings (SSSR count). The molecule has 0 amide bonds. The molecule has 4 nitrogen and oxygen atoms in total. The fourth-order valence-electron chi connectivity index (χ4n) is 3.44. The highest BCUT2D eigenvalue weighted by molar-refractivity contribution is 5.96. The molecule has 0 spiro atoms. The summed E-state index contributed by atoms with van der Waals surface area (Å²) in [5.74, 6) is 1.75. The third-order valence-electron chi connectivity index (χ3n) is 4.88. The third-order valence-corrected chi connectivity index (χ3v) is 4.88. The first kappa shape index (κ1) is 18.6. The van der Waals surface area contributed by atoms with Gasteiger partial charge in [-0.2, -0.15) is 0 Å². The van der Waals surface area contributed by atoms with Crippen molar-refractivity contribution >= 4 is 5.78 Å². The average molecular weight is 352 g/mol. The van der Waals surface area contributed by atoms with Crippen molar-refractivity contribution < 1.29 is 9.53 Å². The third kappa shape index (κ3) is 5.16. The van der Waals surface area contributed by atoms with E-state index in [0.29, 0.717) is 12.5 Å². The lowest BCUT2D eigenvalue weighted by atomic mass is 10.0. The summed E-state index contributed by atoms with van der Waals surface area (Å²) in [5, 5.41) is 3.45. The number of piperazine rings is 1. The molecule has 1 atom stereocenters. The number of nitrogens with one attached hydrogen (secondary N) is 1. The van der Waals surface area contributed by atoms with Gasteiger partial charge >= 0.3 is 0 Å². The van der Waals surface area contributed by atoms with Crippen molar-refractivity contribution in [3.8, 4) is 11.5 Å². The molecule has 26 heavy (non-hydrogen) atoms. The van der Waals surface area contributed by atoms with Crippen LogP contribution in [0.3, 0.4) is 0 Å². The first-order valence-electron chi connectivity index (χ1n) is 9.57. The van der Waals surface area contributed by atoms with Gasteiger partial charge in [0, 0.05) is 44.2 Å². The van der Waals surface area contributed by atoms with Gasteiger partial charge in [-0.15, -0.1) is 0 Å². The number of carbonyl (C=O) groups excluding carboxylic acids is 1. The fourth-order valence-corrected chi connectivity index (χ4v) is 3.44. The van der Waals surface area contributed by atoms with Crippen molar-refractivity contribution in [3.63, 3.8) is 0 Å². The molecule has 1 N–H and O–H groups in total. The molecule has 138 valence electrons. The van der Waals surface area contributed by atoms with Crippen LogP contribution < -0.4 is 10.1 Å². The zero-order chi connectivity index (χ0) is 18.2. The van der Waals surface area contributed by atoms with E-state index in [1.165, 1.54) is 12.8 Å². The first-order valence-corrected chi connectivity index (χ1v) is 9.57. The minimum Gasteiger partial charge on any atom is -0.457 e. The minimum absolute atomic E-state index is 0.199. The van der Waals surface area contributed by atoms with E-state index >= 15 is 0 Å². The molecule has 4 heteroatoms. The predicted molar refractivity (Wildman–Crippen MR) is 105 cm³/mol. The van der Waals surface area contributed by atoms with E-state index < -0.39 is 0 Å². The highest BCUT2D eigenvalue weighted by atomic mass is 16.5. The Morgan fingerprint density at radius 3 is 2.58 bits per heavy atom. The van der Waals surface area contributed by atoms with Gasteiger partial charge in [0.25, 0.3) is 0 Å². The zero-order valence-electron chi connectivity index (χ0n) is 15.5. The normalized spacial score (nSPS) is 17.8. The van der Waals surface area contributed by atoms with E-state index in [1.54, 1.807) is 0 Å². The van der Waals surface area contributed by atoms with E-state index in [2.05, 4.69) is 17.1 Å². The number of hydrogen-bond donors (Lipinski definition) is 1. The molecule has 0 saturated carbocycles. The van der Waals surface area contributed by atoms with Crippen molar-refractivity contribution in [2.75, 3.05) is 26.2 Å². The second kappa shape index (κ2) is 9.51. The molecule has 1 unspecified atom stereocenters. The van der Waals surface area contributed by atoms with Crippen LogP contribution in [0, 0.1) is 0 Å². The largest absolute Gasteiger partial charge is 0.457 e. The van der Waals surface area contributed by atoms with Gasteiger partial charge in [-0.25, -0.2) is 0 Å². The van der Waals surface area contributed by atoms with E-state index in [9.17, 15) is 4.79 Å². The Labute approximate surface area is 156 Å². The highest BCUT2D eigenvalue weighted by Crippen LogP contribution is 2.21. The number of Topliss-reactive ketones (excluding diaryl/α,β-unsaturated/α-hetero) is 1. The summed E-state index contributed by atoms with van der Waals surface area (Å²) >= 11 is 0. The molecule has 2 aromatic carbocycles. The number of rotatable bonds is 8. The number of hydrogen-bond acceptors (Lipinski definition) is 4. The van der Waals surface area contributed by atoms with Gasteiger partial charge in [0.2, 0.25) is 0 Å². The van der Waals surface area contributed by atoms with Gasteiger partial charge in [0.15, 0.2) is 5.78 Å². The molecule has 1 aliphatic rings. The van der Waals surface area contributed by atoms with E-state index in [-0.39, 0.29) is 5.78 Å². The van der Waals surface area contributed by atoms with Crippen LogP contribution in [0.15, 0.2) is 54.6 Å². The Hall–Kier alpha value is -2.17. The summed E-state index contributed by atoms with van der Waals surface area (Å²) in [4.78, 5) is 15.0. The molecule has 1 aliphatic heterocycles. The van der Waals surface area contributed by atoms with Gasteiger partial charge in [-0.1, -0.05) is 31.5 Å². The lowest BCUT2D eigenvalue weighted by Crippen LogP contribution is -2.51. The van der Waals surface area contributed by atoms with E-state index in [0.717, 1.165) is 43.2 Å². The van der Waals surface area contributed by atoms with Crippen LogP contribution in [-0.4, -0.2) is 42.9 Å². The molecule has 0 bridgehead atoms. The van der Waals surface area contributed by atoms with Crippen LogP contribution in [0.5, 0.6) is 11.5 Å². The lowest BCUT2D eigenvalue weighted by molar-refractivity contribution is 0.0930. The van der Waals surface area contributed by atoms with E-state index in [1.807, 2.05) is 54.6 Å². The second-order valence-corrected chi connectivity index (χ2v) is 6.80. The molecule has 0 aliphatic carbocycles. The number of benzene rings is 2. The lowest BCUT2D eigenvalue weighted by Gasteiger charge is -2.36. The van der Waals surface area contributed by atoms with Crippen LogP contribution in [0.25, 0.3) is 0 Å². The van der Waals surface area contributed by atoms with Gasteiger partial charge in [0.05, 0.1) is 0 Å². The molecular weight excluding hydrogens is 324 g/mol. The van der Waals surface area contributed by atoms with Crippen LogP contribution in [0.4, 0.5) is 0 Å². The number of nitrogens with zero attached hydrogens (tertiary/aromatic N) is 1. The number of ketones is 1. The zero-order valence-corrected chi connectivity index (χ0v) is 15.5. The molecule has 1 heterocycles. The molecule has 0 radical (unpaired) electrons. The average Bonchev–Trinajstić information content (AvgIpc) is 2.69. The maximum absolute atomic E-state index is 12.5. The quantitative estimate of drug-likeness (QED) is 0.726. The standard InChI is InChI=1S/C22H28N2O2/c1-2-6-19-17-23-14-16-24(19)15-13-22(25)18-9-11-21(12-10-18)26-20-7-4-3-5-8-20/h3-5,7-12,19,23H,2,6,13-17H2,1H3. The van der Waals surface area contributed by atoms with Gasteiger partial charge < -0.3 is 10.1 Å². The summed E-state index contributed by atoms with van der Waals surface area (Å²) in [6, 6.07) is 17.7. The summed E-state index contributed by atoms with van der Waals surface area (Å²) in [7, 11) is 0. The first-order chi connectivity index (χ1) is 12.8. The molecule has 0 aromatic heterocycles. The Bertz CT molecular complexity index is 683. The molecule has 1 saturated heterocycles. The molecule has 2 aromatic rings. The smallest absolute Gasteiger partial charge is 0.164 e. The van der Waals surface area contributed by atoms with Crippen molar-refractivity contribution in [1.29, 1.82) is 0 Å². The van der Waals surface area contributed by atoms with Crippen molar-refractivity contribution in [2.45, 2.75) is 32.2 Å². The Morgan fingerprint density at radius 1 is 1.12 bits per heavy atom. The van der Waals surface area contributed by atoms with Gasteiger partial charge in [0.1, 0.15) is 11.5 Å². The highest BCUT2D eigenvalue weighted by Gasteiger charge is 2.21. The van der Waals surface area contributed by atoms with Crippen LogP contribution in [-0.2, 0) is 0 Å². The maximum atomic E-state index is 12.5. The number of ether oxygens (including phenoxy) is 1. The minimum atomic E-state index is 0.199. The summed E-state index contributed by atoms with van der Waals surface area (Å²) in [5.41, 5.74) is 0.757. The number of carbonyl (C=O) groups is 1. The molecule has 1 fully saturated rings. The van der Waals surface area contributed by atoms with Gasteiger partial charge in [-0.3, -0.25) is 9.69 Å². The van der Waals surface area contributed by atoms with E-state index in [4.69, 9.17) is 4.74 Å². The van der Waals surface area contributed by atoms with Gasteiger partial charge in [-0.05, 0) is 42.8 Å². The Morgan fingerprint density at radius 2 is 1.85 bits per heavy atom. The van der Waals surface area contributed by atoms with Crippen molar-refractivity contribution in [3.05, 3.63) is 60.2 Å². The SMILES string of the molecule is CCCC1CNCCN1CCC(=O)c1ccc(Oc2ccccc2)cc1. The Kier molecular flexibility index (Phi) is 6.81. The van der Waals surface area contributed by atoms with Crippen LogP contribution >= 0.6 is 0 Å². The summed E-state index contributed by atoms with van der Waals surface area (Å²) < 4.78 is 5.78. The topological polar surface area (TPSA) is 41.6 Å². The monoisotopic (exact) mass is 352 g/mol. The maximum Gasteiger partial charge on any atom is 0.164 e. The summed E-state index contributed by atoms with van der Waals surface area (Å²) in [6.07, 6.45) is 2.94. The second-order valence-electron chi connectivity index (χ2n) is 6.80. The summed E-state index contributed by atoms with van der Waals surface area (Å²) in [6.45, 7) is 6.14. The van der Waals surface area contributed by atoms with Crippen molar-refractivity contribution in [2.24, 2.45) is 0 Å². The van der Waals surface area contributed by atoms with Crippen LogP contribution in [0.1, 0.15) is 36.5 Å². The Balaban J connectivity index is 1.53. The number of para-hydroxylation sites is 1. The fraction of sp³-hybridized carbons (Fsp3) is 0.409. The molecular formula is C22H28N2O2. The van der Waals surface area contributed by atoms with Crippen LogP contribution in [0.2, 0.25) is 0 Å².